The molecule has 1 aromatic carbocycles. The Labute approximate surface area is 155 Å². The van der Waals surface area contributed by atoms with Gasteiger partial charge in [0.2, 0.25) is 0 Å². The van der Waals surface area contributed by atoms with Crippen LogP contribution in [0.15, 0.2) is 54.5 Å². The summed E-state index contributed by atoms with van der Waals surface area (Å²) in [6.07, 6.45) is 5.00. The van der Waals surface area contributed by atoms with Crippen molar-refractivity contribution in [2.24, 2.45) is 5.73 Å². The first kappa shape index (κ1) is 21.5. The van der Waals surface area contributed by atoms with Crippen LogP contribution in [-0.2, 0) is 4.79 Å². The van der Waals surface area contributed by atoms with Gasteiger partial charge in [-0.15, -0.1) is 0 Å². The lowest BCUT2D eigenvalue weighted by atomic mass is 9.93. The molecule has 5 heteroatoms. The van der Waals surface area contributed by atoms with E-state index in [1.54, 1.807) is 13.0 Å². The molecule has 0 fully saturated rings. The van der Waals surface area contributed by atoms with Crippen LogP contribution in [-0.4, -0.2) is 28.3 Å². The van der Waals surface area contributed by atoms with Gasteiger partial charge in [-0.1, -0.05) is 36.9 Å². The maximum atomic E-state index is 10.8. The van der Waals surface area contributed by atoms with Crippen molar-refractivity contribution >= 4 is 11.5 Å². The fraction of sp³-hybridized carbons (Fsp3) is 0.381. The zero-order chi connectivity index (χ0) is 19.7. The smallest absolute Gasteiger partial charge is 0.320 e. The van der Waals surface area contributed by atoms with Crippen LogP contribution < -0.4 is 11.1 Å². The number of carboxylic acid groups (broad SMARTS) is 1. The summed E-state index contributed by atoms with van der Waals surface area (Å²) >= 11 is 0. The summed E-state index contributed by atoms with van der Waals surface area (Å²) in [6.45, 7) is 9.76. The monoisotopic (exact) mass is 358 g/mol. The highest BCUT2D eigenvalue weighted by molar-refractivity contribution is 5.73. The standard InChI is InChI=1S/C21H30N2O3/c1-5-16(17-10-8-7-9-14(17)3)13-19(20(24)6-2)23-15(4)11-12-18(22)21(25)26/h5-10,18-19,23-24H,4,11-13,22H2,1-3H3,(H,25,26)/b16-5-,20-6+. The van der Waals surface area contributed by atoms with E-state index in [0.29, 0.717) is 25.0 Å². The summed E-state index contributed by atoms with van der Waals surface area (Å²) in [5, 5.41) is 22.4. The van der Waals surface area contributed by atoms with Crippen LogP contribution in [0.1, 0.15) is 44.2 Å². The average molecular weight is 358 g/mol. The number of benzene rings is 1. The first-order valence-corrected chi connectivity index (χ1v) is 8.79. The van der Waals surface area contributed by atoms with Crippen molar-refractivity contribution in [1.29, 1.82) is 0 Å². The van der Waals surface area contributed by atoms with E-state index < -0.39 is 12.0 Å². The molecule has 0 saturated carbocycles. The number of carboxylic acids is 1. The van der Waals surface area contributed by atoms with Gasteiger partial charge < -0.3 is 21.3 Å². The second kappa shape index (κ2) is 10.5. The highest BCUT2D eigenvalue weighted by Crippen LogP contribution is 2.25. The van der Waals surface area contributed by atoms with E-state index in [-0.39, 0.29) is 11.8 Å². The molecule has 0 radical (unpaired) electrons. The number of rotatable bonds is 10. The quantitative estimate of drug-likeness (QED) is 0.476. The van der Waals surface area contributed by atoms with Crippen LogP contribution in [0.5, 0.6) is 0 Å². The van der Waals surface area contributed by atoms with E-state index in [4.69, 9.17) is 10.8 Å². The van der Waals surface area contributed by atoms with E-state index in [1.165, 1.54) is 5.56 Å². The number of hydrogen-bond acceptors (Lipinski definition) is 4. The van der Waals surface area contributed by atoms with Gasteiger partial charge in [-0.25, -0.2) is 0 Å². The molecule has 0 aromatic heterocycles. The third-order valence-corrected chi connectivity index (χ3v) is 4.37. The van der Waals surface area contributed by atoms with Gasteiger partial charge in [-0.2, -0.15) is 0 Å². The second-order valence-electron chi connectivity index (χ2n) is 6.33. The van der Waals surface area contributed by atoms with Crippen molar-refractivity contribution in [1.82, 2.24) is 5.32 Å². The van der Waals surface area contributed by atoms with Crippen LogP contribution >= 0.6 is 0 Å². The molecular formula is C21H30N2O3. The zero-order valence-electron chi connectivity index (χ0n) is 15.8. The molecule has 1 rings (SSSR count). The van der Waals surface area contributed by atoms with Crippen molar-refractivity contribution in [3.8, 4) is 0 Å². The van der Waals surface area contributed by atoms with E-state index in [9.17, 15) is 9.90 Å². The number of nitrogens with two attached hydrogens (primary N) is 1. The molecule has 142 valence electrons. The number of aliphatic carboxylic acids is 1. The van der Waals surface area contributed by atoms with Gasteiger partial charge in [-0.05, 0) is 56.4 Å². The lowest BCUT2D eigenvalue weighted by molar-refractivity contribution is -0.138. The molecule has 0 aliphatic rings. The minimum atomic E-state index is -1.03. The van der Waals surface area contributed by atoms with Crippen LogP contribution in [0.3, 0.4) is 0 Å². The summed E-state index contributed by atoms with van der Waals surface area (Å²) < 4.78 is 0. The minimum absolute atomic E-state index is 0.224. The Balaban J connectivity index is 2.86. The maximum Gasteiger partial charge on any atom is 0.320 e. The predicted molar refractivity (Wildman–Crippen MR) is 107 cm³/mol. The second-order valence-corrected chi connectivity index (χ2v) is 6.33. The van der Waals surface area contributed by atoms with E-state index in [0.717, 1.165) is 11.1 Å². The van der Waals surface area contributed by atoms with E-state index >= 15 is 0 Å². The summed E-state index contributed by atoms with van der Waals surface area (Å²) in [6, 6.07) is 6.87. The molecule has 0 spiro atoms. The topological polar surface area (TPSA) is 95.6 Å². The SMILES string of the molecule is C=C(CCC(N)C(=O)O)NC(C/C(=C/C)c1ccccc1C)/C(O)=C\C. The van der Waals surface area contributed by atoms with Crippen molar-refractivity contribution in [2.75, 3.05) is 0 Å². The lowest BCUT2D eigenvalue weighted by Gasteiger charge is -2.23. The Bertz CT molecular complexity index is 692. The maximum absolute atomic E-state index is 10.8. The number of aliphatic hydroxyl groups is 1. The normalized spacial score (nSPS) is 14.6. The lowest BCUT2D eigenvalue weighted by Crippen LogP contribution is -2.33. The fourth-order valence-electron chi connectivity index (χ4n) is 2.74. The van der Waals surface area contributed by atoms with Crippen LogP contribution in [0, 0.1) is 6.92 Å². The molecule has 26 heavy (non-hydrogen) atoms. The van der Waals surface area contributed by atoms with Gasteiger partial charge in [0.15, 0.2) is 0 Å². The van der Waals surface area contributed by atoms with Gasteiger partial charge in [0.25, 0.3) is 0 Å². The van der Waals surface area contributed by atoms with Gasteiger partial charge in [0.1, 0.15) is 11.8 Å². The van der Waals surface area contributed by atoms with E-state index in [1.807, 2.05) is 25.1 Å². The molecule has 0 heterocycles. The summed E-state index contributed by atoms with van der Waals surface area (Å²) in [4.78, 5) is 10.8. The van der Waals surface area contributed by atoms with Crippen molar-refractivity contribution < 1.29 is 15.0 Å². The average Bonchev–Trinajstić information content (AvgIpc) is 2.62. The molecule has 0 saturated heterocycles. The first-order valence-electron chi connectivity index (χ1n) is 8.79. The number of nitrogens with one attached hydrogen (secondary N) is 1. The van der Waals surface area contributed by atoms with Crippen LogP contribution in [0.2, 0.25) is 0 Å². The zero-order valence-corrected chi connectivity index (χ0v) is 15.8. The molecule has 5 nitrogen and oxygen atoms in total. The number of allylic oxidation sites excluding steroid dienone is 3. The van der Waals surface area contributed by atoms with Gasteiger partial charge in [0, 0.05) is 12.1 Å². The van der Waals surface area contributed by atoms with Gasteiger partial charge >= 0.3 is 5.97 Å². The highest BCUT2D eigenvalue weighted by Gasteiger charge is 2.18. The Kier molecular flexibility index (Phi) is 8.65. The van der Waals surface area contributed by atoms with Crippen molar-refractivity contribution in [3.05, 3.63) is 65.6 Å². The van der Waals surface area contributed by atoms with Crippen LogP contribution in [0.4, 0.5) is 0 Å². The Morgan fingerprint density at radius 3 is 2.46 bits per heavy atom. The number of carbonyl (C=O) groups is 1. The fourth-order valence-corrected chi connectivity index (χ4v) is 2.74. The Morgan fingerprint density at radius 1 is 1.27 bits per heavy atom. The molecule has 2 unspecified atom stereocenters. The third kappa shape index (κ3) is 6.41. The largest absolute Gasteiger partial charge is 0.510 e. The molecule has 0 amide bonds. The van der Waals surface area contributed by atoms with Gasteiger partial charge in [0.05, 0.1) is 6.04 Å². The summed E-state index contributed by atoms with van der Waals surface area (Å²) in [5.74, 6) is -0.803. The Hall–Kier alpha value is -2.53. The summed E-state index contributed by atoms with van der Waals surface area (Å²) in [5.41, 5.74) is 9.62. The predicted octanol–water partition coefficient (Wildman–Crippen LogP) is 3.91. The number of aliphatic hydroxyl groups excluding tert-OH is 1. The third-order valence-electron chi connectivity index (χ3n) is 4.37. The number of hydrogen-bond donors (Lipinski definition) is 4. The summed E-state index contributed by atoms with van der Waals surface area (Å²) in [7, 11) is 0. The minimum Gasteiger partial charge on any atom is -0.510 e. The molecule has 5 N–H and O–H groups in total. The van der Waals surface area contributed by atoms with E-state index in [2.05, 4.69) is 31.0 Å². The molecule has 2 atom stereocenters. The molecular weight excluding hydrogens is 328 g/mol. The van der Waals surface area contributed by atoms with Gasteiger partial charge in [-0.3, -0.25) is 4.79 Å². The Morgan fingerprint density at radius 2 is 1.92 bits per heavy atom. The molecule has 0 aliphatic heterocycles. The number of aryl methyl sites for hydroxylation is 1. The molecule has 1 aromatic rings. The van der Waals surface area contributed by atoms with Crippen molar-refractivity contribution in [2.45, 2.75) is 52.1 Å². The first-order chi connectivity index (χ1) is 12.3. The van der Waals surface area contributed by atoms with Crippen molar-refractivity contribution in [3.63, 3.8) is 0 Å². The molecule has 0 bridgehead atoms. The van der Waals surface area contributed by atoms with Crippen LogP contribution in [0.25, 0.3) is 5.57 Å². The highest BCUT2D eigenvalue weighted by atomic mass is 16.4. The molecule has 0 aliphatic carbocycles.